The first-order chi connectivity index (χ1) is 54.7. The van der Waals surface area contributed by atoms with Crippen molar-refractivity contribution in [3.63, 3.8) is 0 Å². The van der Waals surface area contributed by atoms with Gasteiger partial charge in [-0.2, -0.15) is 0 Å². The van der Waals surface area contributed by atoms with Crippen LogP contribution in [0.3, 0.4) is 0 Å². The van der Waals surface area contributed by atoms with Crippen LogP contribution in [0.15, 0.2) is 128 Å². The lowest BCUT2D eigenvalue weighted by atomic mass is 9.81. The molecule has 0 amide bonds. The molecule has 0 saturated carbocycles. The monoisotopic (exact) mass is 1780 g/mol. The molecule has 0 aliphatic heterocycles. The van der Waals surface area contributed by atoms with Crippen LogP contribution in [0.2, 0.25) is 0 Å². The minimum absolute atomic E-state index is 0. The first-order valence-electron chi connectivity index (χ1n) is 47.4. The molecule has 0 bridgehead atoms. The molecule has 8 rings (SSSR count). The highest BCUT2D eigenvalue weighted by Crippen LogP contribution is 2.40. The van der Waals surface area contributed by atoms with Gasteiger partial charge in [-0.15, -0.1) is 34.0 Å². The van der Waals surface area contributed by atoms with Gasteiger partial charge in [-0.25, -0.2) is 0 Å². The van der Waals surface area contributed by atoms with E-state index in [0.29, 0.717) is 32.5 Å². The molecule has 1 aromatic carbocycles. The molecule has 8 aromatic rings. The lowest BCUT2D eigenvalue weighted by Gasteiger charge is -2.24. The van der Waals surface area contributed by atoms with Gasteiger partial charge in [-0.3, -0.25) is 4.98 Å². The van der Waals surface area contributed by atoms with Crippen molar-refractivity contribution in [1.29, 1.82) is 0 Å². The predicted octanol–water partition coefficient (Wildman–Crippen LogP) is 42.1. The second-order valence-corrected chi connectivity index (χ2v) is 49.1. The average molecular weight is 1780 g/mol. The number of hydrogen-bond donors (Lipinski definition) is 0. The molecule has 4 nitrogen and oxygen atoms in total. The molecule has 0 radical (unpaired) electrons. The number of pyridine rings is 1. The van der Waals surface area contributed by atoms with E-state index in [1.54, 1.807) is 0 Å². The van der Waals surface area contributed by atoms with Crippen LogP contribution in [-0.4, -0.2) is 4.98 Å². The quantitative estimate of drug-likeness (QED) is 0.152. The molecule has 7 aromatic heterocycles. The van der Waals surface area contributed by atoms with Crippen LogP contribution in [0.4, 0.5) is 0 Å². The zero-order chi connectivity index (χ0) is 99.6. The van der Waals surface area contributed by atoms with Crippen LogP contribution >= 0.6 is 34.0 Å². The SMILES string of the molecule is C.C.CC.CC.CC.CC.CC.CC.CC.CC.CC(C)(C)c1ccc(C(C)(C)C)o1.CC(C)(C)c1ccc(C(C)(C)C)s1.CC(C)(C)c1cccc(C(C)(C)C)c1.CC(C)(C)c1cncc(C(C)(C)C)c1.CC(C)(C)c1coc(C(C)(C)C)c1.CC(C)(C)c1coc(C(C)(C)C)c1.CC(C)(C)c1csc(C(C)(C)C)c1.CC(C)(C)c1csc(C(C)(C)C)c1. The smallest absolute Gasteiger partial charge is 0.109 e. The van der Waals surface area contributed by atoms with Crippen LogP contribution in [0.5, 0.6) is 0 Å². The van der Waals surface area contributed by atoms with Gasteiger partial charge in [-0.1, -0.05) is 488 Å². The standard InChI is InChI=1S/C14H22.C13H21N.3C12H20O.3C12H20S.8C2H6.2CH4/c1-13(2,3)11-8-7-9-12(10-11)14(4,5)6;1-12(2,3)10-7-11(9-14-8-10)13(4,5)6;2*1-11(2,3)9-7-10(13-8-9)12(4,5)6;1-11(2,3)9-7-8-10(13-9)12(4,5)6;2*1-11(2,3)9-7-10(13-8-9)12(4,5)6;1-11(2,3)9-7-8-10(13-9)12(4,5)6;8*1-2;;/h7-10H,1-6H3;7-9H,1-6H3;6*7-8H,1-6H3;8*1-2H3;2*1H4. The van der Waals surface area contributed by atoms with E-state index in [4.69, 9.17) is 13.3 Å². The molecule has 124 heavy (non-hydrogen) atoms. The van der Waals surface area contributed by atoms with Gasteiger partial charge in [0.15, 0.2) is 0 Å². The minimum Gasteiger partial charge on any atom is -0.468 e. The van der Waals surface area contributed by atoms with E-state index in [0.717, 1.165) is 23.0 Å². The summed E-state index contributed by atoms with van der Waals surface area (Å²) in [6, 6.07) is 29.0. The maximum Gasteiger partial charge on any atom is 0.109 e. The zero-order valence-corrected chi connectivity index (χ0v) is 96.3. The molecular formula is C117H219NO3S3. The fraction of sp³-hybridized carbons (Fsp3) is 0.701. The topological polar surface area (TPSA) is 52.3 Å². The molecule has 0 saturated heterocycles. The Morgan fingerprint density at radius 1 is 0.202 bits per heavy atom. The minimum atomic E-state index is 0. The molecule has 0 aliphatic rings. The van der Waals surface area contributed by atoms with Gasteiger partial charge in [-0.05, 0) is 169 Å². The lowest BCUT2D eigenvalue weighted by molar-refractivity contribution is 0.344. The zero-order valence-electron chi connectivity index (χ0n) is 93.9. The van der Waals surface area contributed by atoms with E-state index in [9.17, 15) is 0 Å². The molecule has 0 fully saturated rings. The molecule has 7 heteroatoms. The third-order valence-electron chi connectivity index (χ3n) is 18.1. The number of hydrogen-bond acceptors (Lipinski definition) is 7. The normalized spacial score (nSPS) is 11.7. The molecule has 0 aliphatic carbocycles. The molecule has 0 N–H and O–H groups in total. The van der Waals surface area contributed by atoms with Crippen molar-refractivity contribution in [3.05, 3.63) is 202 Å². The molecule has 0 spiro atoms. The third-order valence-corrected chi connectivity index (χ3v) is 22.7. The number of rotatable bonds is 0. The second kappa shape index (κ2) is 59.6. The van der Waals surface area contributed by atoms with Gasteiger partial charge < -0.3 is 13.3 Å². The van der Waals surface area contributed by atoms with Crippen molar-refractivity contribution in [2.75, 3.05) is 0 Å². The molecule has 728 valence electrons. The van der Waals surface area contributed by atoms with E-state index in [1.165, 1.54) is 64.0 Å². The van der Waals surface area contributed by atoms with E-state index in [-0.39, 0.29) is 69.0 Å². The Labute approximate surface area is 792 Å². The average Bonchev–Trinajstić information content (AvgIpc) is 1.73. The van der Waals surface area contributed by atoms with E-state index in [1.807, 2.05) is 170 Å². The van der Waals surface area contributed by atoms with Gasteiger partial charge in [0.1, 0.15) is 23.0 Å². The van der Waals surface area contributed by atoms with Crippen LogP contribution in [0.1, 0.15) is 545 Å². The van der Waals surface area contributed by atoms with Crippen LogP contribution in [0, 0.1) is 0 Å². The Morgan fingerprint density at radius 2 is 0.411 bits per heavy atom. The Morgan fingerprint density at radius 3 is 0.556 bits per heavy atom. The van der Waals surface area contributed by atoms with E-state index >= 15 is 0 Å². The Balaban J connectivity index is -0.000000146. The van der Waals surface area contributed by atoms with Gasteiger partial charge in [0.2, 0.25) is 0 Å². The highest BCUT2D eigenvalue weighted by Gasteiger charge is 2.29. The highest BCUT2D eigenvalue weighted by atomic mass is 32.1. The highest BCUT2D eigenvalue weighted by molar-refractivity contribution is 7.12. The molecule has 0 unspecified atom stereocenters. The van der Waals surface area contributed by atoms with Crippen molar-refractivity contribution in [3.8, 4) is 0 Å². The van der Waals surface area contributed by atoms with Gasteiger partial charge in [0.05, 0.1) is 12.5 Å². The summed E-state index contributed by atoms with van der Waals surface area (Å²) < 4.78 is 16.9. The number of thiophene rings is 3. The summed E-state index contributed by atoms with van der Waals surface area (Å²) in [6.45, 7) is 139. The fourth-order valence-corrected chi connectivity index (χ4v) is 13.1. The summed E-state index contributed by atoms with van der Waals surface area (Å²) in [5.41, 5.74) is 14.4. The summed E-state index contributed by atoms with van der Waals surface area (Å²) >= 11 is 5.71. The first kappa shape index (κ1) is 140. The third kappa shape index (κ3) is 58.1. The number of nitrogens with zero attached hydrogens (tertiary/aromatic N) is 1. The summed E-state index contributed by atoms with van der Waals surface area (Å²) in [5.74, 6) is 4.27. The maximum atomic E-state index is 5.81. The molecular weight excluding hydrogens is 1560 g/mol. The predicted molar refractivity (Wildman–Crippen MR) is 583 cm³/mol. The number of aromatic nitrogens is 1. The van der Waals surface area contributed by atoms with Crippen molar-refractivity contribution in [2.24, 2.45) is 0 Å². The van der Waals surface area contributed by atoms with Crippen LogP contribution in [-0.2, 0) is 86.6 Å². The summed E-state index contributed by atoms with van der Waals surface area (Å²) in [7, 11) is 0. The lowest BCUT2D eigenvalue weighted by Crippen LogP contribution is -2.16. The molecule has 7 heterocycles. The largest absolute Gasteiger partial charge is 0.468 e. The van der Waals surface area contributed by atoms with E-state index < -0.39 is 0 Å². The van der Waals surface area contributed by atoms with Crippen LogP contribution < -0.4 is 0 Å². The summed E-state index contributed by atoms with van der Waals surface area (Å²) in [5, 5.41) is 4.58. The fourth-order valence-electron chi connectivity index (χ4n) is 9.49. The van der Waals surface area contributed by atoms with Crippen molar-refractivity contribution < 1.29 is 13.3 Å². The Hall–Kier alpha value is -4.69. The van der Waals surface area contributed by atoms with Crippen molar-refractivity contribution in [1.82, 2.24) is 4.98 Å². The van der Waals surface area contributed by atoms with Crippen LogP contribution in [0.25, 0.3) is 0 Å². The van der Waals surface area contributed by atoms with Gasteiger partial charge in [0, 0.05) is 53.6 Å². The summed E-state index contributed by atoms with van der Waals surface area (Å²) in [6.07, 6.45) is 7.69. The van der Waals surface area contributed by atoms with Gasteiger partial charge in [0.25, 0.3) is 0 Å². The maximum absolute atomic E-state index is 5.81. The van der Waals surface area contributed by atoms with Crippen molar-refractivity contribution in [2.45, 2.75) is 545 Å². The number of furan rings is 3. The first-order valence-corrected chi connectivity index (χ1v) is 49.9. The van der Waals surface area contributed by atoms with Gasteiger partial charge >= 0.3 is 0 Å². The summed E-state index contributed by atoms with van der Waals surface area (Å²) in [4.78, 5) is 10.3. The van der Waals surface area contributed by atoms with Crippen molar-refractivity contribution >= 4 is 34.0 Å². The molecule has 0 atom stereocenters. The number of benzene rings is 1. The second-order valence-electron chi connectivity index (χ2n) is 46.2. The van der Waals surface area contributed by atoms with E-state index in [2.05, 4.69) is 427 Å². The Kier molecular flexibility index (Phi) is 67.2. The Bertz CT molecular complexity index is 3060.